The third-order valence-corrected chi connectivity index (χ3v) is 7.61. The number of rotatable bonds is 6. The first-order valence-electron chi connectivity index (χ1n) is 10.8. The van der Waals surface area contributed by atoms with E-state index in [2.05, 4.69) is 10.6 Å². The summed E-state index contributed by atoms with van der Waals surface area (Å²) in [6, 6.07) is 8.51. The first kappa shape index (κ1) is 26.3. The van der Waals surface area contributed by atoms with Crippen LogP contribution < -0.4 is 10.6 Å². The zero-order chi connectivity index (χ0) is 27.4. The molecular formula is C24H22N2O9S2. The number of carbonyl (C=O) groups excluding carboxylic acids is 2. The first-order valence-corrected chi connectivity index (χ1v) is 13.7. The van der Waals surface area contributed by atoms with Gasteiger partial charge in [-0.3, -0.25) is 18.7 Å². The number of anilines is 3. The topological polar surface area (TPSA) is 187 Å². The Kier molecular flexibility index (Phi) is 6.36. The van der Waals surface area contributed by atoms with Gasteiger partial charge in [-0.2, -0.15) is 16.8 Å². The maximum absolute atomic E-state index is 13.6. The predicted molar refractivity (Wildman–Crippen MR) is 134 cm³/mol. The highest BCUT2D eigenvalue weighted by Crippen LogP contribution is 2.41. The van der Waals surface area contributed by atoms with Gasteiger partial charge < -0.3 is 15.7 Å². The summed E-state index contributed by atoms with van der Waals surface area (Å²) in [6.07, 6.45) is 0. The number of ketones is 2. The van der Waals surface area contributed by atoms with Crippen LogP contribution in [-0.2, 0) is 20.2 Å². The molecule has 3 aromatic carbocycles. The maximum atomic E-state index is 13.6. The van der Waals surface area contributed by atoms with E-state index in [-0.39, 0.29) is 45.2 Å². The summed E-state index contributed by atoms with van der Waals surface area (Å²) >= 11 is 0. The SMILES string of the molecule is Cc1cc(Nc2ccc(NC(C)C)c3c2C(=O)c2c(O)cccc2C3=O)c(S(=O)(=O)O)cc1S(=O)(=O)O. The highest BCUT2D eigenvalue weighted by atomic mass is 32.2. The molecule has 0 heterocycles. The standard InChI is InChI=1S/C24H22N2O9S2/c1-11(2)25-14-7-8-15(22-21(14)23(28)13-5-4-6-17(27)20(13)24(22)29)26-16-9-12(3)18(36(30,31)32)10-19(16)37(33,34)35/h4-11,25-27H,1-3H3,(H,30,31,32)(H,33,34,35). The quantitative estimate of drug-likeness (QED) is 0.223. The molecule has 3 aromatic rings. The molecule has 0 saturated carbocycles. The Hall–Kier alpha value is -3.78. The normalized spacial score (nSPS) is 13.4. The van der Waals surface area contributed by atoms with Crippen LogP contribution in [0.25, 0.3) is 0 Å². The molecule has 0 fully saturated rings. The van der Waals surface area contributed by atoms with Crippen molar-refractivity contribution in [3.05, 3.63) is 70.3 Å². The molecule has 0 radical (unpaired) electrons. The molecule has 0 atom stereocenters. The summed E-state index contributed by atoms with van der Waals surface area (Å²) in [5.41, 5.74) is -0.497. The van der Waals surface area contributed by atoms with Crippen LogP contribution in [0, 0.1) is 6.92 Å². The Balaban J connectivity index is 1.99. The predicted octanol–water partition coefficient (Wildman–Crippen LogP) is 3.53. The maximum Gasteiger partial charge on any atom is 0.296 e. The average molecular weight is 547 g/mol. The fourth-order valence-corrected chi connectivity index (χ4v) is 5.70. The van der Waals surface area contributed by atoms with Gasteiger partial charge in [0.25, 0.3) is 20.2 Å². The summed E-state index contributed by atoms with van der Waals surface area (Å²) in [5.74, 6) is -1.68. The minimum atomic E-state index is -5.02. The molecule has 1 aliphatic rings. The number of aromatic hydroxyl groups is 1. The monoisotopic (exact) mass is 546 g/mol. The van der Waals surface area contributed by atoms with Crippen molar-refractivity contribution in [2.75, 3.05) is 10.6 Å². The molecule has 4 rings (SSSR count). The van der Waals surface area contributed by atoms with Crippen molar-refractivity contribution in [2.45, 2.75) is 36.6 Å². The van der Waals surface area contributed by atoms with Crippen LogP contribution >= 0.6 is 0 Å². The van der Waals surface area contributed by atoms with Crippen LogP contribution in [0.5, 0.6) is 5.75 Å². The van der Waals surface area contributed by atoms with E-state index in [9.17, 15) is 40.6 Å². The van der Waals surface area contributed by atoms with E-state index >= 15 is 0 Å². The lowest BCUT2D eigenvalue weighted by atomic mass is 9.81. The Morgan fingerprint density at radius 2 is 1.35 bits per heavy atom. The second kappa shape index (κ2) is 8.95. The van der Waals surface area contributed by atoms with E-state index < -0.39 is 47.3 Å². The van der Waals surface area contributed by atoms with Crippen molar-refractivity contribution in [3.63, 3.8) is 0 Å². The highest BCUT2D eigenvalue weighted by Gasteiger charge is 2.36. The van der Waals surface area contributed by atoms with Crippen LogP contribution in [-0.4, -0.2) is 48.7 Å². The van der Waals surface area contributed by atoms with Gasteiger partial charge in [-0.25, -0.2) is 0 Å². The van der Waals surface area contributed by atoms with Gasteiger partial charge >= 0.3 is 0 Å². The number of phenolic OH excluding ortho intramolecular Hbond substituents is 1. The number of hydrogen-bond donors (Lipinski definition) is 5. The van der Waals surface area contributed by atoms with Crippen molar-refractivity contribution < 1.29 is 40.6 Å². The first-order chi connectivity index (χ1) is 17.1. The van der Waals surface area contributed by atoms with E-state index in [1.165, 1.54) is 37.3 Å². The van der Waals surface area contributed by atoms with Gasteiger partial charge in [0.05, 0.1) is 33.0 Å². The van der Waals surface area contributed by atoms with Crippen molar-refractivity contribution >= 4 is 48.9 Å². The third-order valence-electron chi connectivity index (χ3n) is 5.72. The van der Waals surface area contributed by atoms with Crippen LogP contribution in [0.4, 0.5) is 17.1 Å². The van der Waals surface area contributed by atoms with Crippen molar-refractivity contribution in [1.82, 2.24) is 0 Å². The fourth-order valence-electron chi connectivity index (χ4n) is 4.24. The molecular weight excluding hydrogens is 524 g/mol. The molecule has 0 saturated heterocycles. The van der Waals surface area contributed by atoms with E-state index in [1.54, 1.807) is 0 Å². The van der Waals surface area contributed by atoms with Crippen LogP contribution in [0.1, 0.15) is 51.3 Å². The Morgan fingerprint density at radius 1 is 0.757 bits per heavy atom. The number of carbonyl (C=O) groups is 2. The summed E-state index contributed by atoms with van der Waals surface area (Å²) < 4.78 is 66.8. The minimum Gasteiger partial charge on any atom is -0.507 e. The molecule has 0 unspecified atom stereocenters. The van der Waals surface area contributed by atoms with Crippen LogP contribution in [0.15, 0.2) is 52.3 Å². The largest absolute Gasteiger partial charge is 0.507 e. The number of benzene rings is 3. The number of aryl methyl sites for hydroxylation is 1. The Labute approximate surface area is 212 Å². The molecule has 0 spiro atoms. The number of phenols is 1. The summed E-state index contributed by atoms with van der Waals surface area (Å²) in [5, 5.41) is 16.2. The lowest BCUT2D eigenvalue weighted by molar-refractivity contribution is 0.0978. The number of hydrogen-bond acceptors (Lipinski definition) is 9. The Morgan fingerprint density at radius 3 is 1.95 bits per heavy atom. The molecule has 13 heteroatoms. The van der Waals surface area contributed by atoms with Gasteiger partial charge in [-0.05, 0) is 56.7 Å². The highest BCUT2D eigenvalue weighted by molar-refractivity contribution is 7.86. The smallest absolute Gasteiger partial charge is 0.296 e. The Bertz CT molecular complexity index is 1710. The zero-order valence-electron chi connectivity index (χ0n) is 19.7. The van der Waals surface area contributed by atoms with Gasteiger partial charge in [0.1, 0.15) is 10.6 Å². The van der Waals surface area contributed by atoms with Crippen molar-refractivity contribution in [2.24, 2.45) is 0 Å². The van der Waals surface area contributed by atoms with Gasteiger partial charge in [-0.15, -0.1) is 0 Å². The van der Waals surface area contributed by atoms with Gasteiger partial charge in [0.2, 0.25) is 0 Å². The fraction of sp³-hybridized carbons (Fsp3) is 0.167. The molecule has 11 nitrogen and oxygen atoms in total. The van der Waals surface area contributed by atoms with Gasteiger partial charge in [-0.1, -0.05) is 12.1 Å². The molecule has 0 bridgehead atoms. The molecule has 5 N–H and O–H groups in total. The molecule has 0 aromatic heterocycles. The summed E-state index contributed by atoms with van der Waals surface area (Å²) in [7, 11) is -9.85. The molecule has 194 valence electrons. The van der Waals surface area contributed by atoms with E-state index in [0.29, 0.717) is 11.8 Å². The average Bonchev–Trinajstić information content (AvgIpc) is 2.76. The number of nitrogens with one attached hydrogen (secondary N) is 2. The summed E-state index contributed by atoms with van der Waals surface area (Å²) in [4.78, 5) is 25.5. The second-order valence-electron chi connectivity index (χ2n) is 8.76. The molecule has 37 heavy (non-hydrogen) atoms. The van der Waals surface area contributed by atoms with Crippen LogP contribution in [0.3, 0.4) is 0 Å². The third kappa shape index (κ3) is 4.69. The summed E-state index contributed by atoms with van der Waals surface area (Å²) in [6.45, 7) is 4.94. The van der Waals surface area contributed by atoms with E-state index in [0.717, 1.165) is 6.07 Å². The van der Waals surface area contributed by atoms with E-state index in [1.807, 2.05) is 13.8 Å². The van der Waals surface area contributed by atoms with Gasteiger partial charge in [0.15, 0.2) is 11.6 Å². The number of fused-ring (bicyclic) bond motifs is 2. The lowest BCUT2D eigenvalue weighted by Crippen LogP contribution is -2.25. The molecule has 0 aliphatic heterocycles. The molecule has 1 aliphatic carbocycles. The lowest BCUT2D eigenvalue weighted by Gasteiger charge is -2.25. The minimum absolute atomic E-state index is 0.00608. The zero-order valence-corrected chi connectivity index (χ0v) is 21.4. The van der Waals surface area contributed by atoms with E-state index in [4.69, 9.17) is 0 Å². The van der Waals surface area contributed by atoms with Gasteiger partial charge in [0, 0.05) is 17.3 Å². The van der Waals surface area contributed by atoms with Crippen molar-refractivity contribution in [1.29, 1.82) is 0 Å². The van der Waals surface area contributed by atoms with Crippen molar-refractivity contribution in [3.8, 4) is 5.75 Å². The van der Waals surface area contributed by atoms with Crippen LogP contribution in [0.2, 0.25) is 0 Å². The molecule has 0 amide bonds. The second-order valence-corrected chi connectivity index (χ2v) is 11.5.